The third-order valence-electron chi connectivity index (χ3n) is 2.75. The van der Waals surface area contributed by atoms with E-state index in [0.29, 0.717) is 11.8 Å². The second-order valence-corrected chi connectivity index (χ2v) is 4.99. The fourth-order valence-corrected chi connectivity index (χ4v) is 1.94. The highest BCUT2D eigenvalue weighted by molar-refractivity contribution is 7.79. The van der Waals surface area contributed by atoms with Crippen LogP contribution in [0, 0.1) is 0 Å². The standard InChI is InChI=1S/C11H15NO2.H2O4S/c1-7-9-6-11(14-2)10(13)5-8(9)3-4-12-7;1-5(2,3)4/h5-7,12-13H,3-4H2,1-2H3;(H2,1,2,3,4)/t7-;/m1./s1. The van der Waals surface area contributed by atoms with E-state index in [-0.39, 0.29) is 5.75 Å². The Balaban J connectivity index is 0.000000312. The molecular formula is C11H17NO6S. The molecule has 0 aliphatic carbocycles. The molecule has 1 aromatic carbocycles. The molecule has 4 N–H and O–H groups in total. The van der Waals surface area contributed by atoms with E-state index in [9.17, 15) is 5.11 Å². The normalized spacial score (nSPS) is 18.0. The van der Waals surface area contributed by atoms with E-state index in [2.05, 4.69) is 12.2 Å². The molecule has 2 rings (SSSR count). The number of benzene rings is 1. The minimum Gasteiger partial charge on any atom is -0.504 e. The maximum Gasteiger partial charge on any atom is 0.394 e. The summed E-state index contributed by atoms with van der Waals surface area (Å²) in [6.07, 6.45) is 0.969. The van der Waals surface area contributed by atoms with Crippen molar-refractivity contribution in [1.29, 1.82) is 0 Å². The third-order valence-corrected chi connectivity index (χ3v) is 2.75. The summed E-state index contributed by atoms with van der Waals surface area (Å²) in [4.78, 5) is 0. The largest absolute Gasteiger partial charge is 0.504 e. The summed E-state index contributed by atoms with van der Waals surface area (Å²) in [5.74, 6) is 0.791. The number of phenolic OH excluding ortho intramolecular Hbond substituents is 1. The predicted molar refractivity (Wildman–Crippen MR) is 69.0 cm³/mol. The van der Waals surface area contributed by atoms with Crippen molar-refractivity contribution < 1.29 is 27.4 Å². The smallest absolute Gasteiger partial charge is 0.394 e. The number of aromatic hydroxyl groups is 1. The Morgan fingerprint density at radius 2 is 1.95 bits per heavy atom. The molecule has 1 atom stereocenters. The van der Waals surface area contributed by atoms with Crippen LogP contribution in [0.3, 0.4) is 0 Å². The summed E-state index contributed by atoms with van der Waals surface area (Å²) >= 11 is 0. The van der Waals surface area contributed by atoms with Gasteiger partial charge in [0.1, 0.15) is 0 Å². The Hall–Kier alpha value is -1.35. The molecule has 0 bridgehead atoms. The lowest BCUT2D eigenvalue weighted by Gasteiger charge is -2.24. The van der Waals surface area contributed by atoms with Crippen molar-refractivity contribution in [1.82, 2.24) is 5.32 Å². The number of hydrogen-bond acceptors (Lipinski definition) is 5. The Kier molecular flexibility index (Phi) is 5.12. The van der Waals surface area contributed by atoms with Crippen LogP contribution in [0.15, 0.2) is 12.1 Å². The van der Waals surface area contributed by atoms with Gasteiger partial charge in [0.25, 0.3) is 0 Å². The van der Waals surface area contributed by atoms with Crippen LogP contribution in [0.5, 0.6) is 11.5 Å². The van der Waals surface area contributed by atoms with Crippen LogP contribution < -0.4 is 10.1 Å². The summed E-state index contributed by atoms with van der Waals surface area (Å²) < 4.78 is 36.7. The summed E-state index contributed by atoms with van der Waals surface area (Å²) in [5, 5.41) is 13.0. The van der Waals surface area contributed by atoms with E-state index in [1.54, 1.807) is 7.11 Å². The van der Waals surface area contributed by atoms with Gasteiger partial charge in [0.2, 0.25) is 0 Å². The molecule has 0 saturated heterocycles. The first-order valence-corrected chi connectivity index (χ1v) is 6.95. The van der Waals surface area contributed by atoms with Gasteiger partial charge < -0.3 is 15.2 Å². The monoisotopic (exact) mass is 291 g/mol. The van der Waals surface area contributed by atoms with Gasteiger partial charge in [-0.25, -0.2) is 0 Å². The molecule has 0 amide bonds. The SMILES string of the molecule is COc1cc2c(cc1O)CCN[C@@H]2C.O=S(=O)(O)O. The summed E-state index contributed by atoms with van der Waals surface area (Å²) in [7, 11) is -3.09. The second-order valence-electron chi connectivity index (χ2n) is 4.10. The first kappa shape index (κ1) is 15.7. The molecule has 0 unspecified atom stereocenters. The van der Waals surface area contributed by atoms with Gasteiger partial charge >= 0.3 is 10.4 Å². The average Bonchev–Trinajstić information content (AvgIpc) is 2.26. The van der Waals surface area contributed by atoms with Crippen LogP contribution in [0.25, 0.3) is 0 Å². The van der Waals surface area contributed by atoms with E-state index in [4.69, 9.17) is 22.3 Å². The minimum atomic E-state index is -4.67. The lowest BCUT2D eigenvalue weighted by molar-refractivity contribution is 0.370. The Morgan fingerprint density at radius 1 is 1.37 bits per heavy atom. The predicted octanol–water partition coefficient (Wildman–Crippen LogP) is 0.955. The van der Waals surface area contributed by atoms with Gasteiger partial charge in [0, 0.05) is 6.04 Å². The maximum atomic E-state index is 9.61. The zero-order valence-corrected chi connectivity index (χ0v) is 11.4. The van der Waals surface area contributed by atoms with Crippen molar-refractivity contribution >= 4 is 10.4 Å². The van der Waals surface area contributed by atoms with Gasteiger partial charge in [-0.3, -0.25) is 9.11 Å². The fourth-order valence-electron chi connectivity index (χ4n) is 1.94. The van der Waals surface area contributed by atoms with E-state index >= 15 is 0 Å². The highest BCUT2D eigenvalue weighted by Crippen LogP contribution is 2.33. The number of methoxy groups -OCH3 is 1. The second kappa shape index (κ2) is 6.20. The molecule has 0 saturated carbocycles. The lowest BCUT2D eigenvalue weighted by Crippen LogP contribution is -2.27. The summed E-state index contributed by atoms with van der Waals surface area (Å²) in [5.41, 5.74) is 2.44. The van der Waals surface area contributed by atoms with Gasteiger partial charge in [0.15, 0.2) is 11.5 Å². The van der Waals surface area contributed by atoms with Gasteiger partial charge in [-0.1, -0.05) is 0 Å². The minimum absolute atomic E-state index is 0.236. The van der Waals surface area contributed by atoms with Crippen LogP contribution in [0.1, 0.15) is 24.1 Å². The Bertz CT molecular complexity index is 534. The number of nitrogens with one attached hydrogen (secondary N) is 1. The van der Waals surface area contributed by atoms with Gasteiger partial charge in [-0.05, 0) is 43.1 Å². The van der Waals surface area contributed by atoms with Crippen LogP contribution in [-0.4, -0.2) is 36.3 Å². The van der Waals surface area contributed by atoms with Crippen molar-refractivity contribution in [3.63, 3.8) is 0 Å². The Morgan fingerprint density at radius 3 is 2.47 bits per heavy atom. The van der Waals surface area contributed by atoms with Crippen LogP contribution in [0.2, 0.25) is 0 Å². The molecule has 7 nitrogen and oxygen atoms in total. The highest BCUT2D eigenvalue weighted by Gasteiger charge is 2.18. The topological polar surface area (TPSA) is 116 Å². The molecule has 0 radical (unpaired) electrons. The molecule has 19 heavy (non-hydrogen) atoms. The molecule has 8 heteroatoms. The number of rotatable bonds is 1. The third kappa shape index (κ3) is 5.03. The van der Waals surface area contributed by atoms with Gasteiger partial charge in [-0.2, -0.15) is 8.42 Å². The van der Waals surface area contributed by atoms with Crippen molar-refractivity contribution in [3.05, 3.63) is 23.3 Å². The average molecular weight is 291 g/mol. The molecule has 1 aliphatic rings. The molecule has 1 heterocycles. The molecule has 0 fully saturated rings. The highest BCUT2D eigenvalue weighted by atomic mass is 32.3. The van der Waals surface area contributed by atoms with Crippen LogP contribution >= 0.6 is 0 Å². The summed E-state index contributed by atoms with van der Waals surface area (Å²) in [6.45, 7) is 3.09. The van der Waals surface area contributed by atoms with Crippen molar-refractivity contribution in [3.8, 4) is 11.5 Å². The molecule has 108 valence electrons. The molecular weight excluding hydrogens is 274 g/mol. The number of fused-ring (bicyclic) bond motifs is 1. The van der Waals surface area contributed by atoms with E-state index in [1.165, 1.54) is 11.1 Å². The van der Waals surface area contributed by atoms with Crippen LogP contribution in [-0.2, 0) is 16.8 Å². The number of hydrogen-bond donors (Lipinski definition) is 4. The molecule has 1 aliphatic heterocycles. The molecule has 0 aromatic heterocycles. The first-order chi connectivity index (χ1) is 8.72. The zero-order valence-electron chi connectivity index (χ0n) is 10.6. The fraction of sp³-hybridized carbons (Fsp3) is 0.455. The van der Waals surface area contributed by atoms with Crippen molar-refractivity contribution in [2.45, 2.75) is 19.4 Å². The number of phenols is 1. The quantitative estimate of drug-likeness (QED) is 0.569. The first-order valence-electron chi connectivity index (χ1n) is 5.55. The van der Waals surface area contributed by atoms with Crippen LogP contribution in [0.4, 0.5) is 0 Å². The maximum absolute atomic E-state index is 9.61. The number of ether oxygens (including phenoxy) is 1. The molecule has 0 spiro atoms. The van der Waals surface area contributed by atoms with E-state index in [1.807, 2.05) is 12.1 Å². The summed E-state index contributed by atoms with van der Waals surface area (Å²) in [6, 6.07) is 4.07. The van der Waals surface area contributed by atoms with Gasteiger partial charge in [-0.15, -0.1) is 0 Å². The molecule has 1 aromatic rings. The Labute approximate surface area is 111 Å². The zero-order chi connectivity index (χ0) is 14.6. The lowest BCUT2D eigenvalue weighted by atomic mass is 9.95. The van der Waals surface area contributed by atoms with E-state index < -0.39 is 10.4 Å². The van der Waals surface area contributed by atoms with Crippen molar-refractivity contribution in [2.24, 2.45) is 0 Å². The van der Waals surface area contributed by atoms with Crippen molar-refractivity contribution in [2.75, 3.05) is 13.7 Å². The van der Waals surface area contributed by atoms with Gasteiger partial charge in [0.05, 0.1) is 7.11 Å². The van der Waals surface area contributed by atoms with E-state index in [0.717, 1.165) is 13.0 Å².